The third-order valence-corrected chi connectivity index (χ3v) is 4.95. The highest BCUT2D eigenvalue weighted by molar-refractivity contribution is 5.78. The van der Waals surface area contributed by atoms with Gasteiger partial charge >= 0.3 is 0 Å². The monoisotopic (exact) mass is 266 g/mol. The van der Waals surface area contributed by atoms with Crippen LogP contribution >= 0.6 is 0 Å². The molecule has 2 aliphatic rings. The molecule has 2 aliphatic carbocycles. The highest BCUT2D eigenvalue weighted by atomic mass is 16.1. The number of carbonyl (C=O) groups is 1. The lowest BCUT2D eigenvalue weighted by molar-refractivity contribution is -0.121. The van der Waals surface area contributed by atoms with Gasteiger partial charge in [0.2, 0.25) is 5.91 Å². The van der Waals surface area contributed by atoms with E-state index in [-0.39, 0.29) is 5.91 Å². The molecular weight excluding hydrogens is 236 g/mol. The number of hydrogen-bond acceptors (Lipinski definition) is 2. The first-order valence-corrected chi connectivity index (χ1v) is 8.26. The number of hydrogen-bond donors (Lipinski definition) is 2. The van der Waals surface area contributed by atoms with E-state index in [1.165, 1.54) is 57.8 Å². The minimum absolute atomic E-state index is 0.190. The summed E-state index contributed by atoms with van der Waals surface area (Å²) in [5.41, 5.74) is 0. The Morgan fingerprint density at radius 3 is 2.42 bits per heavy atom. The lowest BCUT2D eigenvalue weighted by Crippen LogP contribution is -2.42. The Kier molecular flexibility index (Phi) is 6.15. The van der Waals surface area contributed by atoms with Crippen LogP contribution < -0.4 is 10.6 Å². The maximum Gasteiger partial charge on any atom is 0.234 e. The fourth-order valence-electron chi connectivity index (χ4n) is 3.59. The molecule has 2 unspecified atom stereocenters. The Morgan fingerprint density at radius 1 is 1.00 bits per heavy atom. The van der Waals surface area contributed by atoms with Crippen molar-refractivity contribution in [3.63, 3.8) is 0 Å². The molecule has 0 aromatic heterocycles. The van der Waals surface area contributed by atoms with Gasteiger partial charge in [-0.25, -0.2) is 0 Å². The standard InChI is InChI=1S/C16H30N2O/c1-13-7-5-6-8-14(13)11-17-12-16(19)18-15-9-3-2-4-10-15/h13-15,17H,2-12H2,1H3,(H,18,19). The van der Waals surface area contributed by atoms with Crippen molar-refractivity contribution >= 4 is 5.91 Å². The molecule has 2 saturated carbocycles. The van der Waals surface area contributed by atoms with Crippen LogP contribution in [0.2, 0.25) is 0 Å². The van der Waals surface area contributed by atoms with Crippen molar-refractivity contribution in [3.8, 4) is 0 Å². The molecule has 0 saturated heterocycles. The smallest absolute Gasteiger partial charge is 0.234 e. The number of amides is 1. The van der Waals surface area contributed by atoms with Gasteiger partial charge in [-0.15, -0.1) is 0 Å². The van der Waals surface area contributed by atoms with E-state index in [1.54, 1.807) is 0 Å². The van der Waals surface area contributed by atoms with Crippen LogP contribution in [-0.4, -0.2) is 25.0 Å². The van der Waals surface area contributed by atoms with Crippen molar-refractivity contribution in [2.24, 2.45) is 11.8 Å². The molecule has 110 valence electrons. The van der Waals surface area contributed by atoms with Crippen LogP contribution in [0.25, 0.3) is 0 Å². The summed E-state index contributed by atoms with van der Waals surface area (Å²) in [6.45, 7) is 3.87. The number of nitrogens with one attached hydrogen (secondary N) is 2. The van der Waals surface area contributed by atoms with Crippen molar-refractivity contribution < 1.29 is 4.79 Å². The third kappa shape index (κ3) is 5.13. The van der Waals surface area contributed by atoms with Gasteiger partial charge in [-0.2, -0.15) is 0 Å². The van der Waals surface area contributed by atoms with Gasteiger partial charge in [0.15, 0.2) is 0 Å². The van der Waals surface area contributed by atoms with Crippen LogP contribution in [0.5, 0.6) is 0 Å². The van der Waals surface area contributed by atoms with E-state index >= 15 is 0 Å². The normalized spacial score (nSPS) is 29.1. The van der Waals surface area contributed by atoms with Crippen molar-refractivity contribution in [1.29, 1.82) is 0 Å². The molecule has 2 atom stereocenters. The molecule has 3 nitrogen and oxygen atoms in total. The lowest BCUT2D eigenvalue weighted by atomic mass is 9.80. The van der Waals surface area contributed by atoms with E-state index in [2.05, 4.69) is 17.6 Å². The van der Waals surface area contributed by atoms with E-state index in [1.807, 2.05) is 0 Å². The first-order chi connectivity index (χ1) is 9.25. The largest absolute Gasteiger partial charge is 0.352 e. The average molecular weight is 266 g/mol. The summed E-state index contributed by atoms with van der Waals surface area (Å²) in [5, 5.41) is 6.53. The van der Waals surface area contributed by atoms with Crippen molar-refractivity contribution in [2.75, 3.05) is 13.1 Å². The van der Waals surface area contributed by atoms with Gasteiger partial charge in [-0.05, 0) is 37.6 Å². The zero-order valence-electron chi connectivity index (χ0n) is 12.4. The molecule has 3 heteroatoms. The lowest BCUT2D eigenvalue weighted by Gasteiger charge is -2.29. The predicted octanol–water partition coefficient (Wildman–Crippen LogP) is 2.85. The third-order valence-electron chi connectivity index (χ3n) is 4.95. The fourth-order valence-corrected chi connectivity index (χ4v) is 3.59. The van der Waals surface area contributed by atoms with Crippen molar-refractivity contribution in [2.45, 2.75) is 70.8 Å². The van der Waals surface area contributed by atoms with Gasteiger partial charge in [-0.3, -0.25) is 4.79 Å². The highest BCUT2D eigenvalue weighted by Crippen LogP contribution is 2.28. The SMILES string of the molecule is CC1CCCCC1CNCC(=O)NC1CCCCC1. The second-order valence-corrected chi connectivity index (χ2v) is 6.56. The van der Waals surface area contributed by atoms with Crippen LogP contribution in [0.1, 0.15) is 64.7 Å². The zero-order chi connectivity index (χ0) is 13.5. The van der Waals surface area contributed by atoms with E-state index < -0.39 is 0 Å². The zero-order valence-corrected chi connectivity index (χ0v) is 12.4. The molecule has 0 aromatic carbocycles. The second-order valence-electron chi connectivity index (χ2n) is 6.56. The molecule has 0 bridgehead atoms. The quantitative estimate of drug-likeness (QED) is 0.803. The Balaban J connectivity index is 1.58. The molecule has 0 heterocycles. The van der Waals surface area contributed by atoms with Gasteiger partial charge in [0, 0.05) is 6.04 Å². The Morgan fingerprint density at radius 2 is 1.68 bits per heavy atom. The maximum atomic E-state index is 11.9. The fraction of sp³-hybridized carbons (Fsp3) is 0.938. The molecule has 1 amide bonds. The summed E-state index contributed by atoms with van der Waals surface area (Å²) < 4.78 is 0. The summed E-state index contributed by atoms with van der Waals surface area (Å²) in [7, 11) is 0. The minimum Gasteiger partial charge on any atom is -0.352 e. The van der Waals surface area contributed by atoms with Crippen LogP contribution in [0.4, 0.5) is 0 Å². The average Bonchev–Trinajstić information content (AvgIpc) is 2.42. The molecule has 0 aromatic rings. The van der Waals surface area contributed by atoms with Crippen LogP contribution in [0.3, 0.4) is 0 Å². The van der Waals surface area contributed by atoms with Gasteiger partial charge < -0.3 is 10.6 Å². The van der Waals surface area contributed by atoms with Gasteiger partial charge in [0.1, 0.15) is 0 Å². The summed E-state index contributed by atoms with van der Waals surface area (Å²) in [6, 6.07) is 0.441. The maximum absolute atomic E-state index is 11.9. The van der Waals surface area contributed by atoms with Crippen LogP contribution in [0, 0.1) is 11.8 Å². The minimum atomic E-state index is 0.190. The Bertz CT molecular complexity index is 274. The molecule has 0 spiro atoms. The van der Waals surface area contributed by atoms with Crippen molar-refractivity contribution in [3.05, 3.63) is 0 Å². The molecule has 0 radical (unpaired) electrons. The van der Waals surface area contributed by atoms with E-state index in [0.717, 1.165) is 18.4 Å². The predicted molar refractivity (Wildman–Crippen MR) is 79.0 cm³/mol. The number of carbonyl (C=O) groups excluding carboxylic acids is 1. The topological polar surface area (TPSA) is 41.1 Å². The second kappa shape index (κ2) is 7.88. The summed E-state index contributed by atoms with van der Waals surface area (Å²) in [6.07, 6.45) is 11.7. The molecule has 0 aliphatic heterocycles. The van der Waals surface area contributed by atoms with E-state index in [0.29, 0.717) is 12.6 Å². The first kappa shape index (κ1) is 14.8. The first-order valence-electron chi connectivity index (χ1n) is 8.26. The molecule has 19 heavy (non-hydrogen) atoms. The molecule has 2 fully saturated rings. The summed E-state index contributed by atoms with van der Waals surface area (Å²) >= 11 is 0. The van der Waals surface area contributed by atoms with Gasteiger partial charge in [-0.1, -0.05) is 45.4 Å². The summed E-state index contributed by atoms with van der Waals surface area (Å²) in [4.78, 5) is 11.9. The molecular formula is C16H30N2O. The van der Waals surface area contributed by atoms with Gasteiger partial charge in [0.05, 0.1) is 6.54 Å². The molecule has 2 rings (SSSR count). The van der Waals surface area contributed by atoms with Crippen molar-refractivity contribution in [1.82, 2.24) is 10.6 Å². The van der Waals surface area contributed by atoms with E-state index in [4.69, 9.17) is 0 Å². The Hall–Kier alpha value is -0.570. The number of rotatable bonds is 5. The highest BCUT2D eigenvalue weighted by Gasteiger charge is 2.21. The van der Waals surface area contributed by atoms with E-state index in [9.17, 15) is 4.79 Å². The Labute approximate surface area is 117 Å². The summed E-state index contributed by atoms with van der Waals surface area (Å²) in [5.74, 6) is 1.79. The van der Waals surface area contributed by atoms with Crippen LogP contribution in [-0.2, 0) is 4.79 Å². The van der Waals surface area contributed by atoms with Crippen LogP contribution in [0.15, 0.2) is 0 Å². The molecule has 2 N–H and O–H groups in total. The van der Waals surface area contributed by atoms with Gasteiger partial charge in [0.25, 0.3) is 0 Å².